The minimum absolute atomic E-state index is 0.430. The van der Waals surface area contributed by atoms with Gasteiger partial charge in [0.15, 0.2) is 11.6 Å². The number of hydrogen-bond acceptors (Lipinski definition) is 3. The highest BCUT2D eigenvalue weighted by molar-refractivity contribution is 6.11. The van der Waals surface area contributed by atoms with Crippen molar-refractivity contribution in [1.82, 2.24) is 4.98 Å². The maximum atomic E-state index is 13.3. The van der Waals surface area contributed by atoms with E-state index in [-0.39, 0.29) is 0 Å². The molecule has 2 aromatic rings. The molecule has 1 heterocycles. The third kappa shape index (κ3) is 2.86. The van der Waals surface area contributed by atoms with Crippen molar-refractivity contribution in [1.29, 1.82) is 0 Å². The summed E-state index contributed by atoms with van der Waals surface area (Å²) >= 11 is 0. The molecule has 5 nitrogen and oxygen atoms in total. The van der Waals surface area contributed by atoms with Gasteiger partial charge in [-0.1, -0.05) is 0 Å². The van der Waals surface area contributed by atoms with Gasteiger partial charge in [-0.15, -0.1) is 0 Å². The molecule has 1 aromatic carbocycles. The molecule has 0 unspecified atom stereocenters. The second-order valence-electron chi connectivity index (χ2n) is 4.19. The van der Waals surface area contributed by atoms with Crippen LogP contribution < -0.4 is 4.90 Å². The first-order chi connectivity index (χ1) is 9.91. The van der Waals surface area contributed by atoms with Crippen LogP contribution in [-0.4, -0.2) is 29.0 Å². The first-order valence-corrected chi connectivity index (χ1v) is 5.82. The minimum atomic E-state index is -1.51. The van der Waals surface area contributed by atoms with Gasteiger partial charge >= 0.3 is 5.97 Å². The van der Waals surface area contributed by atoms with Gasteiger partial charge in [-0.05, 0) is 24.3 Å². The van der Waals surface area contributed by atoms with Crippen LogP contribution in [0.15, 0.2) is 36.7 Å². The molecule has 0 aliphatic rings. The van der Waals surface area contributed by atoms with E-state index in [1.54, 1.807) is 0 Å². The molecule has 0 spiro atoms. The van der Waals surface area contributed by atoms with Gasteiger partial charge in [0, 0.05) is 25.1 Å². The van der Waals surface area contributed by atoms with Gasteiger partial charge in [-0.3, -0.25) is 9.78 Å². The van der Waals surface area contributed by atoms with Crippen molar-refractivity contribution in [3.63, 3.8) is 0 Å². The number of hydrogen-bond donors (Lipinski definition) is 1. The first-order valence-electron chi connectivity index (χ1n) is 5.82. The van der Waals surface area contributed by atoms with Crippen molar-refractivity contribution in [2.24, 2.45) is 0 Å². The Kier molecular flexibility index (Phi) is 3.93. The predicted molar refractivity (Wildman–Crippen MR) is 70.3 cm³/mol. The summed E-state index contributed by atoms with van der Waals surface area (Å²) in [4.78, 5) is 28.3. The number of carbonyl (C=O) groups excluding carboxylic acids is 1. The number of amides is 1. The average Bonchev–Trinajstić information content (AvgIpc) is 2.48. The van der Waals surface area contributed by atoms with Crippen molar-refractivity contribution >= 4 is 17.6 Å². The maximum absolute atomic E-state index is 13.3. The van der Waals surface area contributed by atoms with E-state index >= 15 is 0 Å². The van der Waals surface area contributed by atoms with Crippen LogP contribution >= 0.6 is 0 Å². The van der Waals surface area contributed by atoms with Crippen LogP contribution in [-0.2, 0) is 0 Å². The van der Waals surface area contributed by atoms with E-state index in [4.69, 9.17) is 5.11 Å². The Hall–Kier alpha value is -2.83. The number of nitrogens with zero attached hydrogens (tertiary/aromatic N) is 2. The number of aromatic nitrogens is 1. The zero-order valence-corrected chi connectivity index (χ0v) is 10.9. The van der Waals surface area contributed by atoms with Crippen molar-refractivity contribution in [3.05, 3.63) is 59.4 Å². The van der Waals surface area contributed by atoms with E-state index in [1.807, 2.05) is 0 Å². The third-order valence-corrected chi connectivity index (χ3v) is 2.88. The normalized spacial score (nSPS) is 10.2. The fraction of sp³-hybridized carbons (Fsp3) is 0.0714. The van der Waals surface area contributed by atoms with Crippen LogP contribution in [0.3, 0.4) is 0 Å². The van der Waals surface area contributed by atoms with E-state index in [9.17, 15) is 18.4 Å². The Labute approximate surface area is 118 Å². The zero-order chi connectivity index (χ0) is 15.6. The highest BCUT2D eigenvalue weighted by atomic mass is 19.2. The highest BCUT2D eigenvalue weighted by Crippen LogP contribution is 2.20. The molecule has 7 heteroatoms. The van der Waals surface area contributed by atoms with E-state index in [1.165, 1.54) is 31.6 Å². The van der Waals surface area contributed by atoms with Crippen molar-refractivity contribution in [2.45, 2.75) is 0 Å². The molecule has 1 amide bonds. The number of carboxylic acid groups (broad SMARTS) is 1. The molecular weight excluding hydrogens is 282 g/mol. The van der Waals surface area contributed by atoms with Crippen LogP contribution in [0.4, 0.5) is 14.5 Å². The zero-order valence-electron chi connectivity index (χ0n) is 10.9. The molecule has 0 aliphatic heterocycles. The Balaban J connectivity index is 2.48. The Morgan fingerprint density at radius 3 is 2.14 bits per heavy atom. The number of aromatic carboxylic acids is 1. The van der Waals surface area contributed by atoms with E-state index in [0.717, 1.165) is 4.90 Å². The van der Waals surface area contributed by atoms with Crippen LogP contribution in [0.2, 0.25) is 0 Å². The standard InChI is InChI=1S/C14H10F2N2O3/c1-18(8-2-4-17-5-3-8)13(19)9-6-11(15)12(16)7-10(9)14(20)21/h2-7H,1H3,(H,20,21). The third-order valence-electron chi connectivity index (χ3n) is 2.88. The summed E-state index contributed by atoms with van der Waals surface area (Å²) in [6, 6.07) is 4.13. The maximum Gasteiger partial charge on any atom is 0.336 e. The summed E-state index contributed by atoms with van der Waals surface area (Å²) in [5.74, 6) is -4.89. The van der Waals surface area contributed by atoms with Gasteiger partial charge < -0.3 is 10.0 Å². The Bertz CT molecular complexity index is 705. The van der Waals surface area contributed by atoms with Crippen molar-refractivity contribution in [2.75, 3.05) is 11.9 Å². The lowest BCUT2D eigenvalue weighted by Gasteiger charge is -2.18. The predicted octanol–water partition coefficient (Wildman–Crippen LogP) is 2.33. The van der Waals surface area contributed by atoms with Crippen LogP contribution in [0, 0.1) is 11.6 Å². The van der Waals surface area contributed by atoms with Gasteiger partial charge in [0.2, 0.25) is 0 Å². The Morgan fingerprint density at radius 2 is 1.62 bits per heavy atom. The molecule has 0 saturated carbocycles. The molecule has 0 aliphatic carbocycles. The largest absolute Gasteiger partial charge is 0.478 e. The summed E-state index contributed by atoms with van der Waals surface area (Å²) in [5, 5.41) is 9.01. The summed E-state index contributed by atoms with van der Waals surface area (Å²) in [6.45, 7) is 0. The number of carboxylic acids is 1. The van der Waals surface area contributed by atoms with E-state index in [0.29, 0.717) is 17.8 Å². The number of carbonyl (C=O) groups is 2. The monoisotopic (exact) mass is 292 g/mol. The Morgan fingerprint density at radius 1 is 1.10 bits per heavy atom. The smallest absolute Gasteiger partial charge is 0.336 e. The summed E-state index contributed by atoms with van der Waals surface area (Å²) in [5.41, 5.74) is -0.586. The van der Waals surface area contributed by atoms with Gasteiger partial charge in [0.05, 0.1) is 11.1 Å². The summed E-state index contributed by atoms with van der Waals surface area (Å²) in [7, 11) is 1.39. The van der Waals surface area contributed by atoms with Crippen LogP contribution in [0.5, 0.6) is 0 Å². The van der Waals surface area contributed by atoms with Gasteiger partial charge in [-0.25, -0.2) is 13.6 Å². The molecule has 1 N–H and O–H groups in total. The fourth-order valence-electron chi connectivity index (χ4n) is 1.77. The highest BCUT2D eigenvalue weighted by Gasteiger charge is 2.23. The molecule has 0 saturated heterocycles. The fourth-order valence-corrected chi connectivity index (χ4v) is 1.77. The average molecular weight is 292 g/mol. The minimum Gasteiger partial charge on any atom is -0.478 e. The summed E-state index contributed by atoms with van der Waals surface area (Å²) < 4.78 is 26.4. The number of pyridine rings is 1. The second kappa shape index (κ2) is 5.66. The van der Waals surface area contributed by atoms with Crippen molar-refractivity contribution < 1.29 is 23.5 Å². The summed E-state index contributed by atoms with van der Waals surface area (Å²) in [6.07, 6.45) is 2.89. The SMILES string of the molecule is CN(C(=O)c1cc(F)c(F)cc1C(=O)O)c1ccncc1. The molecule has 2 rings (SSSR count). The van der Waals surface area contributed by atoms with Gasteiger partial charge in [0.25, 0.3) is 5.91 Å². The van der Waals surface area contributed by atoms with Crippen molar-refractivity contribution in [3.8, 4) is 0 Å². The molecule has 0 bridgehead atoms. The lowest BCUT2D eigenvalue weighted by Crippen LogP contribution is -2.28. The first kappa shape index (κ1) is 14.6. The molecule has 108 valence electrons. The molecule has 0 fully saturated rings. The number of rotatable bonds is 3. The lowest BCUT2D eigenvalue weighted by molar-refractivity contribution is 0.0691. The topological polar surface area (TPSA) is 70.5 Å². The number of benzene rings is 1. The lowest BCUT2D eigenvalue weighted by atomic mass is 10.1. The molecular formula is C14H10F2N2O3. The van der Waals surface area contributed by atoms with E-state index < -0.39 is 34.6 Å². The van der Waals surface area contributed by atoms with Crippen LogP contribution in [0.25, 0.3) is 0 Å². The molecule has 0 radical (unpaired) electrons. The van der Waals surface area contributed by atoms with E-state index in [2.05, 4.69) is 4.98 Å². The second-order valence-corrected chi connectivity index (χ2v) is 4.19. The molecule has 21 heavy (non-hydrogen) atoms. The van der Waals surface area contributed by atoms with Gasteiger partial charge in [0.1, 0.15) is 0 Å². The van der Waals surface area contributed by atoms with Crippen LogP contribution in [0.1, 0.15) is 20.7 Å². The quantitative estimate of drug-likeness (QED) is 0.942. The number of anilines is 1. The molecule has 0 atom stereocenters. The van der Waals surface area contributed by atoms with Gasteiger partial charge in [-0.2, -0.15) is 0 Å². The number of halogens is 2. The molecule has 1 aromatic heterocycles.